The molecule has 0 aliphatic heterocycles. The SMILES string of the molecule is COc1cc(C=NNc2ccccn2)ccc1OC(=O)c1ccccc1F. The first-order valence-electron chi connectivity index (χ1n) is 8.02. The molecule has 0 bridgehead atoms. The van der Waals surface area contributed by atoms with Gasteiger partial charge in [0.15, 0.2) is 11.5 Å². The van der Waals surface area contributed by atoms with Gasteiger partial charge in [-0.1, -0.05) is 18.2 Å². The average molecular weight is 365 g/mol. The minimum absolute atomic E-state index is 0.148. The number of halogens is 1. The van der Waals surface area contributed by atoms with Crippen LogP contribution in [0.4, 0.5) is 10.2 Å². The van der Waals surface area contributed by atoms with Crippen molar-refractivity contribution in [3.63, 3.8) is 0 Å². The molecular weight excluding hydrogens is 349 g/mol. The van der Waals surface area contributed by atoms with Gasteiger partial charge >= 0.3 is 5.97 Å². The van der Waals surface area contributed by atoms with E-state index >= 15 is 0 Å². The van der Waals surface area contributed by atoms with Crippen LogP contribution in [0.15, 0.2) is 72.0 Å². The molecule has 2 aromatic carbocycles. The Kier molecular flexibility index (Phi) is 5.73. The Balaban J connectivity index is 1.72. The van der Waals surface area contributed by atoms with E-state index in [0.717, 1.165) is 0 Å². The maximum Gasteiger partial charge on any atom is 0.346 e. The monoisotopic (exact) mass is 365 g/mol. The number of nitrogens with zero attached hydrogens (tertiary/aromatic N) is 2. The zero-order valence-corrected chi connectivity index (χ0v) is 14.4. The number of hydrazone groups is 1. The lowest BCUT2D eigenvalue weighted by atomic mass is 10.2. The molecule has 0 fully saturated rings. The van der Waals surface area contributed by atoms with E-state index in [9.17, 15) is 9.18 Å². The minimum atomic E-state index is -0.801. The van der Waals surface area contributed by atoms with Crippen molar-refractivity contribution in [2.45, 2.75) is 0 Å². The molecule has 0 radical (unpaired) electrons. The fourth-order valence-electron chi connectivity index (χ4n) is 2.23. The lowest BCUT2D eigenvalue weighted by Gasteiger charge is -2.10. The van der Waals surface area contributed by atoms with Gasteiger partial charge in [0.2, 0.25) is 0 Å². The van der Waals surface area contributed by atoms with Crippen molar-refractivity contribution in [3.8, 4) is 11.5 Å². The molecule has 6 nitrogen and oxygen atoms in total. The smallest absolute Gasteiger partial charge is 0.346 e. The fraction of sp³-hybridized carbons (Fsp3) is 0.0500. The van der Waals surface area contributed by atoms with Gasteiger partial charge in [0.1, 0.15) is 11.6 Å². The molecule has 3 aromatic rings. The van der Waals surface area contributed by atoms with Gasteiger partial charge in [-0.25, -0.2) is 14.2 Å². The second-order valence-electron chi connectivity index (χ2n) is 5.36. The molecule has 0 saturated heterocycles. The van der Waals surface area contributed by atoms with Crippen molar-refractivity contribution in [1.82, 2.24) is 4.98 Å². The highest BCUT2D eigenvalue weighted by molar-refractivity contribution is 5.92. The molecule has 27 heavy (non-hydrogen) atoms. The molecule has 7 heteroatoms. The Bertz CT molecular complexity index is 962. The molecule has 0 saturated carbocycles. The molecule has 1 N–H and O–H groups in total. The molecule has 0 aliphatic carbocycles. The van der Waals surface area contributed by atoms with Crippen molar-refractivity contribution in [1.29, 1.82) is 0 Å². The summed E-state index contributed by atoms with van der Waals surface area (Å²) in [6, 6.07) is 15.9. The molecule has 136 valence electrons. The Morgan fingerprint density at radius 2 is 1.93 bits per heavy atom. The number of ether oxygens (including phenoxy) is 2. The van der Waals surface area contributed by atoms with Crippen molar-refractivity contribution < 1.29 is 18.7 Å². The van der Waals surface area contributed by atoms with Crippen LogP contribution >= 0.6 is 0 Å². The molecule has 0 atom stereocenters. The summed E-state index contributed by atoms with van der Waals surface area (Å²) in [5, 5.41) is 4.09. The van der Waals surface area contributed by atoms with Crippen molar-refractivity contribution in [2.24, 2.45) is 5.10 Å². The molecule has 0 amide bonds. The molecule has 0 aliphatic rings. The van der Waals surface area contributed by atoms with Crippen LogP contribution in [-0.4, -0.2) is 24.3 Å². The molecular formula is C20H16FN3O3. The van der Waals surface area contributed by atoms with Gasteiger partial charge in [0, 0.05) is 6.20 Å². The van der Waals surface area contributed by atoms with E-state index in [0.29, 0.717) is 17.1 Å². The first-order valence-corrected chi connectivity index (χ1v) is 8.02. The number of carbonyl (C=O) groups excluding carboxylic acids is 1. The van der Waals surface area contributed by atoms with Crippen LogP contribution in [0.3, 0.4) is 0 Å². The van der Waals surface area contributed by atoms with E-state index < -0.39 is 11.8 Å². The predicted molar refractivity (Wildman–Crippen MR) is 99.8 cm³/mol. The lowest BCUT2D eigenvalue weighted by Crippen LogP contribution is -2.11. The van der Waals surface area contributed by atoms with Crippen molar-refractivity contribution in [2.75, 3.05) is 12.5 Å². The lowest BCUT2D eigenvalue weighted by molar-refractivity contribution is 0.0725. The number of pyridine rings is 1. The molecule has 0 spiro atoms. The van der Waals surface area contributed by atoms with E-state index in [1.54, 1.807) is 48.8 Å². The van der Waals surface area contributed by atoms with Gasteiger partial charge in [-0.2, -0.15) is 5.10 Å². The van der Waals surface area contributed by atoms with Gasteiger partial charge in [-0.05, 0) is 48.0 Å². The number of nitrogens with one attached hydrogen (secondary N) is 1. The normalized spacial score (nSPS) is 10.6. The largest absolute Gasteiger partial charge is 0.493 e. The summed E-state index contributed by atoms with van der Waals surface area (Å²) in [7, 11) is 1.45. The highest BCUT2D eigenvalue weighted by Crippen LogP contribution is 2.28. The summed E-state index contributed by atoms with van der Waals surface area (Å²) in [6.45, 7) is 0. The van der Waals surface area contributed by atoms with Crippen LogP contribution in [0.5, 0.6) is 11.5 Å². The molecule has 0 unspecified atom stereocenters. The maximum atomic E-state index is 13.7. The van der Waals surface area contributed by atoms with E-state index in [4.69, 9.17) is 9.47 Å². The number of hydrogen-bond donors (Lipinski definition) is 1. The van der Waals surface area contributed by atoms with E-state index in [1.165, 1.54) is 25.3 Å². The number of methoxy groups -OCH3 is 1. The number of aromatic nitrogens is 1. The van der Waals surface area contributed by atoms with Crippen molar-refractivity contribution >= 4 is 18.0 Å². The second-order valence-corrected chi connectivity index (χ2v) is 5.36. The third-order valence-corrected chi connectivity index (χ3v) is 3.54. The van der Waals surface area contributed by atoms with Gasteiger partial charge in [0.25, 0.3) is 0 Å². The quantitative estimate of drug-likeness (QED) is 0.310. The van der Waals surface area contributed by atoms with Gasteiger partial charge < -0.3 is 9.47 Å². The number of benzene rings is 2. The van der Waals surface area contributed by atoms with E-state index in [1.807, 2.05) is 6.07 Å². The fourth-order valence-corrected chi connectivity index (χ4v) is 2.23. The summed E-state index contributed by atoms with van der Waals surface area (Å²) in [6.07, 6.45) is 3.22. The van der Waals surface area contributed by atoms with Crippen LogP contribution in [-0.2, 0) is 0 Å². The third-order valence-electron chi connectivity index (χ3n) is 3.54. The van der Waals surface area contributed by atoms with Crippen LogP contribution in [0.1, 0.15) is 15.9 Å². The van der Waals surface area contributed by atoms with Gasteiger partial charge in [0.05, 0.1) is 18.9 Å². The number of hydrogen-bond acceptors (Lipinski definition) is 6. The topological polar surface area (TPSA) is 72.8 Å². The standard InChI is InChI=1S/C20H16FN3O3/c1-26-18-12-14(13-23-24-19-8-4-5-11-22-19)9-10-17(18)27-20(25)15-6-2-3-7-16(15)21/h2-13H,1H3,(H,22,24). The average Bonchev–Trinajstić information content (AvgIpc) is 2.70. The minimum Gasteiger partial charge on any atom is -0.493 e. The van der Waals surface area contributed by atoms with Crippen LogP contribution in [0.25, 0.3) is 0 Å². The van der Waals surface area contributed by atoms with Crippen LogP contribution in [0.2, 0.25) is 0 Å². The second kappa shape index (κ2) is 8.57. The predicted octanol–water partition coefficient (Wildman–Crippen LogP) is 3.89. The molecule has 1 aromatic heterocycles. The molecule has 1 heterocycles. The van der Waals surface area contributed by atoms with Gasteiger partial charge in [-0.3, -0.25) is 5.43 Å². The summed E-state index contributed by atoms with van der Waals surface area (Å²) in [4.78, 5) is 16.2. The van der Waals surface area contributed by atoms with Gasteiger partial charge in [-0.15, -0.1) is 0 Å². The highest BCUT2D eigenvalue weighted by atomic mass is 19.1. The first kappa shape index (κ1) is 18.1. The number of anilines is 1. The Morgan fingerprint density at radius 1 is 1.11 bits per heavy atom. The molecule has 3 rings (SSSR count). The first-order chi connectivity index (χ1) is 13.2. The van der Waals surface area contributed by atoms with E-state index in [2.05, 4.69) is 15.5 Å². The van der Waals surface area contributed by atoms with Crippen LogP contribution in [0, 0.1) is 5.82 Å². The van der Waals surface area contributed by atoms with Crippen molar-refractivity contribution in [3.05, 3.63) is 83.8 Å². The third kappa shape index (κ3) is 4.66. The highest BCUT2D eigenvalue weighted by Gasteiger charge is 2.16. The Labute approximate surface area is 155 Å². The maximum absolute atomic E-state index is 13.7. The number of rotatable bonds is 6. The Hall–Kier alpha value is -3.74. The summed E-state index contributed by atoms with van der Waals surface area (Å²) in [5.74, 6) is -0.339. The van der Waals surface area contributed by atoms with Crippen LogP contribution < -0.4 is 14.9 Å². The summed E-state index contributed by atoms with van der Waals surface area (Å²) < 4.78 is 24.2. The Morgan fingerprint density at radius 3 is 2.67 bits per heavy atom. The summed E-state index contributed by atoms with van der Waals surface area (Å²) >= 11 is 0. The summed E-state index contributed by atoms with van der Waals surface area (Å²) in [5.41, 5.74) is 3.36. The number of esters is 1. The zero-order chi connectivity index (χ0) is 19.1. The zero-order valence-electron chi connectivity index (χ0n) is 14.4. The van der Waals surface area contributed by atoms with E-state index in [-0.39, 0.29) is 11.3 Å². The number of carbonyl (C=O) groups is 1.